The smallest absolute Gasteiger partial charge is 0.225 e. The second kappa shape index (κ2) is 9.87. The van der Waals surface area contributed by atoms with Crippen LogP contribution in [-0.4, -0.2) is 58.9 Å². The van der Waals surface area contributed by atoms with E-state index in [1.165, 1.54) is 23.3 Å². The van der Waals surface area contributed by atoms with Gasteiger partial charge < -0.3 is 14.8 Å². The van der Waals surface area contributed by atoms with Crippen molar-refractivity contribution in [2.75, 3.05) is 31.6 Å². The Morgan fingerprint density at radius 2 is 1.81 bits per heavy atom. The fourth-order valence-electron chi connectivity index (χ4n) is 4.94. The largest absolute Gasteiger partial charge is 0.379 e. The van der Waals surface area contributed by atoms with Crippen LogP contribution in [0.25, 0.3) is 10.2 Å². The molecule has 4 heterocycles. The Morgan fingerprint density at radius 3 is 2.52 bits per heavy atom. The van der Waals surface area contributed by atoms with Gasteiger partial charge >= 0.3 is 0 Å². The topological polar surface area (TPSA) is 59.5 Å². The first-order valence-corrected chi connectivity index (χ1v) is 12.9. The summed E-state index contributed by atoms with van der Waals surface area (Å²) in [7, 11) is 0. The van der Waals surface area contributed by atoms with Crippen LogP contribution < -0.4 is 5.32 Å². The number of ether oxygens (including phenoxy) is 2. The molecule has 1 aliphatic carbocycles. The van der Waals surface area contributed by atoms with Gasteiger partial charge in [0, 0.05) is 36.5 Å². The van der Waals surface area contributed by atoms with Gasteiger partial charge in [-0.25, -0.2) is 9.97 Å². The lowest BCUT2D eigenvalue weighted by atomic mass is 9.89. The van der Waals surface area contributed by atoms with Crippen molar-refractivity contribution in [1.29, 1.82) is 0 Å². The van der Waals surface area contributed by atoms with Crippen LogP contribution in [0.2, 0.25) is 5.28 Å². The first kappa shape index (κ1) is 23.2. The molecule has 6 nitrogen and oxygen atoms in total. The molecule has 1 saturated carbocycles. The molecular weight excluding hydrogens is 432 g/mol. The van der Waals surface area contributed by atoms with E-state index in [0.29, 0.717) is 24.0 Å². The maximum Gasteiger partial charge on any atom is 0.225 e. The van der Waals surface area contributed by atoms with Gasteiger partial charge in [0.05, 0.1) is 30.8 Å². The highest BCUT2D eigenvalue weighted by atomic mass is 35.5. The summed E-state index contributed by atoms with van der Waals surface area (Å²) in [5, 5.41) is 5.21. The number of hydrogen-bond acceptors (Lipinski definition) is 7. The monoisotopic (exact) mass is 466 g/mol. The van der Waals surface area contributed by atoms with Gasteiger partial charge in [-0.2, -0.15) is 0 Å². The Morgan fingerprint density at radius 1 is 1.10 bits per heavy atom. The Kier molecular flexibility index (Phi) is 7.38. The van der Waals surface area contributed by atoms with Gasteiger partial charge in [-0.3, -0.25) is 4.90 Å². The van der Waals surface area contributed by atoms with E-state index in [-0.39, 0.29) is 5.60 Å². The Hall–Kier alpha value is -0.990. The summed E-state index contributed by atoms with van der Waals surface area (Å²) >= 11 is 7.97. The Bertz CT molecular complexity index is 889. The molecule has 8 heteroatoms. The summed E-state index contributed by atoms with van der Waals surface area (Å²) in [5.74, 6) is 0.907. The minimum Gasteiger partial charge on any atom is -0.379 e. The normalized spacial score (nSPS) is 26.1. The van der Waals surface area contributed by atoms with Crippen LogP contribution in [0.15, 0.2) is 0 Å². The van der Waals surface area contributed by atoms with Crippen LogP contribution in [0, 0.1) is 0 Å². The molecule has 172 valence electrons. The first-order valence-electron chi connectivity index (χ1n) is 11.7. The summed E-state index contributed by atoms with van der Waals surface area (Å²) < 4.78 is 11.5. The second-order valence-electron chi connectivity index (χ2n) is 9.05. The molecule has 5 rings (SSSR count). The summed E-state index contributed by atoms with van der Waals surface area (Å²) in [4.78, 5) is 14.0. The van der Waals surface area contributed by atoms with E-state index < -0.39 is 0 Å². The summed E-state index contributed by atoms with van der Waals surface area (Å²) in [6.45, 7) is 12.8. The quantitative estimate of drug-likeness (QED) is 0.621. The third-order valence-corrected chi connectivity index (χ3v) is 7.77. The van der Waals surface area contributed by atoms with Crippen LogP contribution in [0.5, 0.6) is 0 Å². The average molecular weight is 467 g/mol. The molecular formula is C23H35ClN4O2S. The van der Waals surface area contributed by atoms with Gasteiger partial charge in [0.1, 0.15) is 10.6 Å². The lowest BCUT2D eigenvalue weighted by molar-refractivity contribution is -0.0379. The van der Waals surface area contributed by atoms with Crippen LogP contribution in [0.3, 0.4) is 0 Å². The molecule has 2 aromatic rings. The maximum atomic E-state index is 6.28. The number of thiophene rings is 1. The molecule has 0 amide bonds. The summed E-state index contributed by atoms with van der Waals surface area (Å²) in [5.41, 5.74) is 1.18. The van der Waals surface area contributed by atoms with Gasteiger partial charge in [0.15, 0.2) is 0 Å². The minimum absolute atomic E-state index is 0.159. The van der Waals surface area contributed by atoms with Crippen molar-refractivity contribution < 1.29 is 9.47 Å². The number of hydrogen-bond donors (Lipinski definition) is 1. The average Bonchev–Trinajstić information content (AvgIpc) is 3.12. The number of aromatic nitrogens is 2. The standard InChI is InChI=1S/C21H29ClN4O2S.C2H6/c1-21(2)11-15-16(12-28-21)29-19-17(15)18(24-20(22)25-19)23-13-3-5-14(6-4-13)26-7-9-27-10-8-26;1-2/h13-14H,3-12H2,1-2H3,(H,23,24,25);1-2H3. The van der Waals surface area contributed by atoms with Gasteiger partial charge in [-0.05, 0) is 56.7 Å². The highest BCUT2D eigenvalue weighted by Gasteiger charge is 2.32. The molecule has 0 aromatic carbocycles. The van der Waals surface area contributed by atoms with Crippen molar-refractivity contribution in [3.8, 4) is 0 Å². The van der Waals surface area contributed by atoms with Crippen molar-refractivity contribution in [3.63, 3.8) is 0 Å². The highest BCUT2D eigenvalue weighted by molar-refractivity contribution is 7.19. The fourth-order valence-corrected chi connectivity index (χ4v) is 6.27. The van der Waals surface area contributed by atoms with Crippen molar-refractivity contribution >= 4 is 39.0 Å². The number of nitrogens with zero attached hydrogens (tertiary/aromatic N) is 3. The number of halogens is 1. The number of morpholine rings is 1. The van der Waals surface area contributed by atoms with E-state index in [4.69, 9.17) is 21.1 Å². The molecule has 2 aromatic heterocycles. The van der Waals surface area contributed by atoms with E-state index in [2.05, 4.69) is 34.0 Å². The molecule has 1 saturated heterocycles. The van der Waals surface area contributed by atoms with Crippen molar-refractivity contribution in [1.82, 2.24) is 14.9 Å². The van der Waals surface area contributed by atoms with E-state index in [9.17, 15) is 0 Å². The van der Waals surface area contributed by atoms with E-state index >= 15 is 0 Å². The van der Waals surface area contributed by atoms with Crippen molar-refractivity contribution in [2.24, 2.45) is 0 Å². The molecule has 2 fully saturated rings. The molecule has 3 aliphatic rings. The summed E-state index contributed by atoms with van der Waals surface area (Å²) in [6.07, 6.45) is 5.65. The molecule has 31 heavy (non-hydrogen) atoms. The fraction of sp³-hybridized carbons (Fsp3) is 0.739. The SMILES string of the molecule is CC.CC1(C)Cc2c(sc3nc(Cl)nc(NC4CCC(N5CCOCC5)CC4)c23)CO1. The zero-order valence-electron chi connectivity index (χ0n) is 19.2. The Balaban J connectivity index is 0.00000112. The van der Waals surface area contributed by atoms with E-state index in [0.717, 1.165) is 61.6 Å². The first-order chi connectivity index (χ1) is 15.0. The number of anilines is 1. The lowest BCUT2D eigenvalue weighted by Gasteiger charge is -2.39. The van der Waals surface area contributed by atoms with Crippen molar-refractivity contribution in [2.45, 2.75) is 84.1 Å². The zero-order valence-corrected chi connectivity index (χ0v) is 20.7. The molecule has 0 bridgehead atoms. The van der Waals surface area contributed by atoms with Crippen LogP contribution in [-0.2, 0) is 22.5 Å². The predicted octanol–water partition coefficient (Wildman–Crippen LogP) is 5.28. The molecule has 2 aliphatic heterocycles. The minimum atomic E-state index is -0.159. The van der Waals surface area contributed by atoms with Gasteiger partial charge in [-0.1, -0.05) is 13.8 Å². The van der Waals surface area contributed by atoms with E-state index in [1.54, 1.807) is 11.3 Å². The number of nitrogens with one attached hydrogen (secondary N) is 1. The Labute approximate surface area is 194 Å². The molecule has 0 atom stereocenters. The van der Waals surface area contributed by atoms with Gasteiger partial charge in [0.25, 0.3) is 0 Å². The van der Waals surface area contributed by atoms with Crippen LogP contribution in [0.1, 0.15) is 63.8 Å². The number of fused-ring (bicyclic) bond motifs is 3. The van der Waals surface area contributed by atoms with E-state index in [1.807, 2.05) is 13.8 Å². The molecule has 1 N–H and O–H groups in total. The lowest BCUT2D eigenvalue weighted by Crippen LogP contribution is -2.46. The van der Waals surface area contributed by atoms with Gasteiger partial charge in [0.2, 0.25) is 5.28 Å². The van der Waals surface area contributed by atoms with Crippen molar-refractivity contribution in [3.05, 3.63) is 15.7 Å². The third kappa shape index (κ3) is 5.17. The van der Waals surface area contributed by atoms with Crippen LogP contribution in [0.4, 0.5) is 5.82 Å². The second-order valence-corrected chi connectivity index (χ2v) is 10.5. The highest BCUT2D eigenvalue weighted by Crippen LogP contribution is 2.41. The molecule has 0 radical (unpaired) electrons. The maximum absolute atomic E-state index is 6.28. The molecule has 0 spiro atoms. The third-order valence-electron chi connectivity index (χ3n) is 6.50. The predicted molar refractivity (Wildman–Crippen MR) is 128 cm³/mol. The summed E-state index contributed by atoms with van der Waals surface area (Å²) in [6, 6.07) is 1.13. The van der Waals surface area contributed by atoms with Crippen LogP contribution >= 0.6 is 22.9 Å². The molecule has 0 unspecified atom stereocenters. The zero-order chi connectivity index (χ0) is 22.0. The van der Waals surface area contributed by atoms with Gasteiger partial charge in [-0.15, -0.1) is 11.3 Å². The number of rotatable bonds is 3.